The molecule has 2 atom stereocenters. The number of nitrogens with one attached hydrogen (secondary N) is 1. The van der Waals surface area contributed by atoms with Gasteiger partial charge in [0.15, 0.2) is 0 Å². The van der Waals surface area contributed by atoms with Gasteiger partial charge in [-0.2, -0.15) is 0 Å². The van der Waals surface area contributed by atoms with Gasteiger partial charge in [-0.05, 0) is 44.4 Å². The first-order valence-corrected chi connectivity index (χ1v) is 9.48. The lowest BCUT2D eigenvalue weighted by Crippen LogP contribution is -2.51. The highest BCUT2D eigenvalue weighted by Gasteiger charge is 2.36. The van der Waals surface area contributed by atoms with E-state index in [2.05, 4.69) is 5.32 Å². The van der Waals surface area contributed by atoms with Crippen LogP contribution < -0.4 is 11.1 Å². The number of rotatable bonds is 4. The van der Waals surface area contributed by atoms with Gasteiger partial charge in [-0.15, -0.1) is 12.4 Å². The number of hydrogen-bond donors (Lipinski definition) is 2. The molecule has 3 rings (SSSR count). The third kappa shape index (κ3) is 5.21. The summed E-state index contributed by atoms with van der Waals surface area (Å²) in [5.41, 5.74) is 7.07. The van der Waals surface area contributed by atoms with Gasteiger partial charge in [0, 0.05) is 25.2 Å². The molecule has 7 heteroatoms. The van der Waals surface area contributed by atoms with Crippen LogP contribution in [-0.4, -0.2) is 47.6 Å². The van der Waals surface area contributed by atoms with E-state index in [-0.39, 0.29) is 36.4 Å². The predicted molar refractivity (Wildman–Crippen MR) is 107 cm³/mol. The Morgan fingerprint density at radius 3 is 2.26 bits per heavy atom. The number of hydrogen-bond acceptors (Lipinski definition) is 4. The number of nitrogens with zero attached hydrogens (tertiary/aromatic N) is 1. The fraction of sp³-hybridized carbons (Fsp3) is 0.600. The van der Waals surface area contributed by atoms with Crippen LogP contribution in [0.25, 0.3) is 0 Å². The SMILES string of the molecule is CC1CN(C(=O)c2ccc(CNC(=O)C3(N)CCCC3)cc2)CC(C)O1.Cl. The van der Waals surface area contributed by atoms with Crippen molar-refractivity contribution >= 4 is 24.2 Å². The number of carbonyl (C=O) groups is 2. The zero-order chi connectivity index (χ0) is 18.7. The van der Waals surface area contributed by atoms with Crippen LogP contribution >= 0.6 is 12.4 Å². The summed E-state index contributed by atoms with van der Waals surface area (Å²) in [5.74, 6) is -0.0547. The smallest absolute Gasteiger partial charge is 0.254 e. The topological polar surface area (TPSA) is 84.7 Å². The molecular weight excluding hydrogens is 366 g/mol. The van der Waals surface area contributed by atoms with E-state index in [9.17, 15) is 9.59 Å². The first-order valence-electron chi connectivity index (χ1n) is 9.48. The van der Waals surface area contributed by atoms with Gasteiger partial charge in [-0.25, -0.2) is 0 Å². The molecule has 1 aliphatic carbocycles. The fourth-order valence-electron chi connectivity index (χ4n) is 3.88. The van der Waals surface area contributed by atoms with Crippen LogP contribution in [0.15, 0.2) is 24.3 Å². The van der Waals surface area contributed by atoms with Crippen LogP contribution in [0.2, 0.25) is 0 Å². The van der Waals surface area contributed by atoms with E-state index in [1.54, 1.807) is 0 Å². The molecule has 1 aliphatic heterocycles. The molecule has 3 N–H and O–H groups in total. The second-order valence-corrected chi connectivity index (χ2v) is 7.71. The Kier molecular flexibility index (Phi) is 7.25. The average Bonchev–Trinajstić information content (AvgIpc) is 3.06. The maximum atomic E-state index is 12.7. The van der Waals surface area contributed by atoms with E-state index in [4.69, 9.17) is 10.5 Å². The molecule has 0 aromatic heterocycles. The third-order valence-electron chi connectivity index (χ3n) is 5.31. The van der Waals surface area contributed by atoms with Gasteiger partial charge in [-0.1, -0.05) is 25.0 Å². The molecule has 1 saturated heterocycles. The maximum Gasteiger partial charge on any atom is 0.254 e. The Balaban J connectivity index is 0.00000261. The predicted octanol–water partition coefficient (Wildman–Crippen LogP) is 2.25. The van der Waals surface area contributed by atoms with Crippen LogP contribution in [0.3, 0.4) is 0 Å². The number of ether oxygens (including phenoxy) is 1. The van der Waals surface area contributed by atoms with Gasteiger partial charge in [-0.3, -0.25) is 9.59 Å². The van der Waals surface area contributed by atoms with Crippen LogP contribution in [-0.2, 0) is 16.1 Å². The molecule has 2 amide bonds. The monoisotopic (exact) mass is 395 g/mol. The Hall–Kier alpha value is -1.63. The minimum Gasteiger partial charge on any atom is -0.372 e. The minimum absolute atomic E-state index is 0. The normalized spacial score (nSPS) is 24.2. The van der Waals surface area contributed by atoms with Crippen molar-refractivity contribution in [3.8, 4) is 0 Å². The van der Waals surface area contributed by atoms with Crippen LogP contribution in [0.5, 0.6) is 0 Å². The van der Waals surface area contributed by atoms with Crippen molar-refractivity contribution in [2.75, 3.05) is 13.1 Å². The molecule has 2 aliphatic rings. The molecule has 150 valence electrons. The first kappa shape index (κ1) is 21.7. The Morgan fingerprint density at radius 1 is 1.15 bits per heavy atom. The number of benzene rings is 1. The Labute approximate surface area is 167 Å². The Bertz CT molecular complexity index is 649. The van der Waals surface area contributed by atoms with E-state index in [0.717, 1.165) is 31.2 Å². The van der Waals surface area contributed by atoms with Crippen molar-refractivity contribution in [3.63, 3.8) is 0 Å². The van der Waals surface area contributed by atoms with E-state index in [0.29, 0.717) is 25.2 Å². The van der Waals surface area contributed by atoms with Gasteiger partial charge in [0.2, 0.25) is 5.91 Å². The quantitative estimate of drug-likeness (QED) is 0.818. The number of nitrogens with two attached hydrogens (primary N) is 1. The van der Waals surface area contributed by atoms with Crippen molar-refractivity contribution in [1.82, 2.24) is 10.2 Å². The summed E-state index contributed by atoms with van der Waals surface area (Å²) in [6.45, 7) is 5.61. The minimum atomic E-state index is -0.709. The molecule has 1 heterocycles. The molecule has 2 unspecified atom stereocenters. The largest absolute Gasteiger partial charge is 0.372 e. The van der Waals surface area contributed by atoms with Crippen molar-refractivity contribution in [2.24, 2.45) is 5.73 Å². The Morgan fingerprint density at radius 2 is 1.70 bits per heavy atom. The molecule has 1 aromatic carbocycles. The van der Waals surface area contributed by atoms with E-state index in [1.807, 2.05) is 43.0 Å². The van der Waals surface area contributed by atoms with E-state index in [1.165, 1.54) is 0 Å². The molecular formula is C20H30ClN3O3. The first-order chi connectivity index (χ1) is 12.4. The molecule has 0 spiro atoms. The summed E-state index contributed by atoms with van der Waals surface area (Å²) in [6, 6.07) is 7.42. The summed E-state index contributed by atoms with van der Waals surface area (Å²) in [7, 11) is 0. The highest BCUT2D eigenvalue weighted by atomic mass is 35.5. The number of morpholine rings is 1. The maximum absolute atomic E-state index is 12.7. The van der Waals surface area contributed by atoms with Gasteiger partial charge < -0.3 is 20.7 Å². The third-order valence-corrected chi connectivity index (χ3v) is 5.31. The lowest BCUT2D eigenvalue weighted by Gasteiger charge is -2.35. The zero-order valence-electron chi connectivity index (χ0n) is 16.1. The molecule has 27 heavy (non-hydrogen) atoms. The number of amides is 2. The highest BCUT2D eigenvalue weighted by Crippen LogP contribution is 2.27. The molecule has 2 fully saturated rings. The van der Waals surface area contributed by atoms with E-state index < -0.39 is 5.54 Å². The zero-order valence-corrected chi connectivity index (χ0v) is 16.9. The molecule has 1 saturated carbocycles. The van der Waals surface area contributed by atoms with Crippen molar-refractivity contribution in [3.05, 3.63) is 35.4 Å². The molecule has 0 bridgehead atoms. The number of carbonyl (C=O) groups excluding carboxylic acids is 2. The summed E-state index contributed by atoms with van der Waals surface area (Å²) < 4.78 is 5.68. The van der Waals surface area contributed by atoms with Gasteiger partial charge in [0.25, 0.3) is 5.91 Å². The fourth-order valence-corrected chi connectivity index (χ4v) is 3.88. The van der Waals surface area contributed by atoms with Crippen molar-refractivity contribution < 1.29 is 14.3 Å². The summed E-state index contributed by atoms with van der Waals surface area (Å²) in [5, 5.41) is 2.93. The molecule has 1 aromatic rings. The van der Waals surface area contributed by atoms with Gasteiger partial charge >= 0.3 is 0 Å². The van der Waals surface area contributed by atoms with Gasteiger partial charge in [0.05, 0.1) is 17.7 Å². The lowest BCUT2D eigenvalue weighted by atomic mass is 9.98. The van der Waals surface area contributed by atoms with Gasteiger partial charge in [0.1, 0.15) is 0 Å². The van der Waals surface area contributed by atoms with Crippen molar-refractivity contribution in [2.45, 2.75) is 63.8 Å². The molecule has 6 nitrogen and oxygen atoms in total. The summed E-state index contributed by atoms with van der Waals surface area (Å²) in [6.07, 6.45) is 3.64. The standard InChI is InChI=1S/C20H29N3O3.ClH/c1-14-12-23(13-15(2)26-14)18(24)17-7-5-16(6-8-17)11-22-19(25)20(21)9-3-4-10-20;/h5-8,14-15H,3-4,9-13,21H2,1-2H3,(H,22,25);1H. The second kappa shape index (κ2) is 9.04. The molecule has 0 radical (unpaired) electrons. The summed E-state index contributed by atoms with van der Waals surface area (Å²) >= 11 is 0. The second-order valence-electron chi connectivity index (χ2n) is 7.71. The summed E-state index contributed by atoms with van der Waals surface area (Å²) in [4.78, 5) is 26.8. The van der Waals surface area contributed by atoms with Crippen LogP contribution in [0.1, 0.15) is 55.5 Å². The van der Waals surface area contributed by atoms with Crippen molar-refractivity contribution in [1.29, 1.82) is 0 Å². The van der Waals surface area contributed by atoms with Crippen LogP contribution in [0, 0.1) is 0 Å². The van der Waals surface area contributed by atoms with Crippen LogP contribution in [0.4, 0.5) is 0 Å². The van der Waals surface area contributed by atoms with E-state index >= 15 is 0 Å². The number of halogens is 1. The highest BCUT2D eigenvalue weighted by molar-refractivity contribution is 5.94. The lowest BCUT2D eigenvalue weighted by molar-refractivity contribution is -0.126. The average molecular weight is 396 g/mol.